The highest BCUT2D eigenvalue weighted by molar-refractivity contribution is 5.90. The number of amides is 2. The molecule has 3 rings (SSSR count). The van der Waals surface area contributed by atoms with Crippen LogP contribution in [0, 0.1) is 6.92 Å². The maximum absolute atomic E-state index is 12.5. The van der Waals surface area contributed by atoms with E-state index in [1.807, 2.05) is 19.1 Å². The summed E-state index contributed by atoms with van der Waals surface area (Å²) in [6.07, 6.45) is 0.702. The van der Waals surface area contributed by atoms with E-state index in [4.69, 9.17) is 4.52 Å². The summed E-state index contributed by atoms with van der Waals surface area (Å²) in [5.74, 6) is 0.885. The number of piperazine rings is 1. The summed E-state index contributed by atoms with van der Waals surface area (Å²) in [5.41, 5.74) is 2.24. The van der Waals surface area contributed by atoms with Gasteiger partial charge in [0.25, 0.3) is 0 Å². The number of hydrogen-bond acceptors (Lipinski definition) is 5. The average Bonchev–Trinajstić information content (AvgIpc) is 2.95. The molecule has 7 nitrogen and oxygen atoms in total. The number of nitrogens with one attached hydrogen (secondary N) is 1. The van der Waals surface area contributed by atoms with Gasteiger partial charge >= 0.3 is 6.03 Å². The number of benzene rings is 1. The fourth-order valence-electron chi connectivity index (χ4n) is 2.89. The number of nitrogens with zero attached hydrogens (tertiary/aromatic N) is 3. The number of phenols is 1. The standard InChI is InChI=1S/C17H22N4O3/c1-3-13-16(12(2)24-19-13)18-17(23)21-10-8-20(9-11-21)14-6-4-5-7-15(14)22/h4-7,22H,3,8-11H2,1-2H3,(H,18,23). The predicted molar refractivity (Wildman–Crippen MR) is 91.5 cm³/mol. The zero-order valence-corrected chi connectivity index (χ0v) is 14.0. The van der Waals surface area contributed by atoms with Crippen LogP contribution in [0.15, 0.2) is 28.8 Å². The molecule has 1 aromatic heterocycles. The normalized spacial score (nSPS) is 14.8. The molecule has 2 heterocycles. The van der Waals surface area contributed by atoms with Crippen molar-refractivity contribution in [3.8, 4) is 5.75 Å². The van der Waals surface area contributed by atoms with Gasteiger partial charge in [-0.2, -0.15) is 0 Å². The van der Waals surface area contributed by atoms with Crippen LogP contribution in [0.4, 0.5) is 16.2 Å². The number of aromatic nitrogens is 1. The van der Waals surface area contributed by atoms with Gasteiger partial charge in [-0.25, -0.2) is 4.79 Å². The number of urea groups is 1. The molecule has 24 heavy (non-hydrogen) atoms. The minimum Gasteiger partial charge on any atom is -0.506 e. The molecular weight excluding hydrogens is 308 g/mol. The first-order valence-corrected chi connectivity index (χ1v) is 8.14. The molecule has 1 aliphatic rings. The van der Waals surface area contributed by atoms with Crippen molar-refractivity contribution in [3.63, 3.8) is 0 Å². The lowest BCUT2D eigenvalue weighted by atomic mass is 10.2. The summed E-state index contributed by atoms with van der Waals surface area (Å²) in [5, 5.41) is 16.8. The van der Waals surface area contributed by atoms with Crippen LogP contribution in [-0.2, 0) is 6.42 Å². The maximum atomic E-state index is 12.5. The van der Waals surface area contributed by atoms with E-state index in [0.29, 0.717) is 44.0 Å². The first-order valence-electron chi connectivity index (χ1n) is 8.14. The second kappa shape index (κ2) is 6.82. The van der Waals surface area contributed by atoms with Crippen molar-refractivity contribution in [1.82, 2.24) is 10.1 Å². The number of aromatic hydroxyl groups is 1. The van der Waals surface area contributed by atoms with Crippen molar-refractivity contribution >= 4 is 17.4 Å². The molecule has 0 saturated carbocycles. The van der Waals surface area contributed by atoms with E-state index in [0.717, 1.165) is 11.4 Å². The molecule has 0 unspecified atom stereocenters. The monoisotopic (exact) mass is 330 g/mol. The molecule has 0 aliphatic carbocycles. The Morgan fingerprint density at radius 1 is 1.29 bits per heavy atom. The molecule has 1 fully saturated rings. The Bertz CT molecular complexity index is 720. The number of aryl methyl sites for hydroxylation is 2. The van der Waals surface area contributed by atoms with Crippen LogP contribution in [0.25, 0.3) is 0 Å². The van der Waals surface area contributed by atoms with E-state index in [2.05, 4.69) is 15.4 Å². The second-order valence-corrected chi connectivity index (χ2v) is 5.81. The molecule has 1 aliphatic heterocycles. The largest absolute Gasteiger partial charge is 0.506 e. The molecular formula is C17H22N4O3. The molecule has 0 spiro atoms. The number of anilines is 2. The summed E-state index contributed by atoms with van der Waals surface area (Å²) in [6.45, 7) is 6.29. The zero-order chi connectivity index (χ0) is 17.1. The summed E-state index contributed by atoms with van der Waals surface area (Å²) in [6, 6.07) is 7.12. The van der Waals surface area contributed by atoms with E-state index in [1.54, 1.807) is 24.0 Å². The minimum absolute atomic E-state index is 0.145. The van der Waals surface area contributed by atoms with Crippen molar-refractivity contribution in [3.05, 3.63) is 35.7 Å². The first-order chi connectivity index (χ1) is 11.6. The van der Waals surface area contributed by atoms with Gasteiger partial charge in [0.1, 0.15) is 17.1 Å². The number of hydrogen-bond donors (Lipinski definition) is 2. The molecule has 1 saturated heterocycles. The van der Waals surface area contributed by atoms with Gasteiger partial charge in [-0.05, 0) is 25.5 Å². The van der Waals surface area contributed by atoms with E-state index in [-0.39, 0.29) is 11.8 Å². The maximum Gasteiger partial charge on any atom is 0.322 e. The van der Waals surface area contributed by atoms with Crippen LogP contribution in [0.1, 0.15) is 18.4 Å². The Balaban J connectivity index is 1.61. The zero-order valence-electron chi connectivity index (χ0n) is 14.0. The van der Waals surface area contributed by atoms with Gasteiger partial charge in [0.2, 0.25) is 0 Å². The number of phenolic OH excluding ortho intramolecular Hbond substituents is 1. The fraction of sp³-hybridized carbons (Fsp3) is 0.412. The second-order valence-electron chi connectivity index (χ2n) is 5.81. The van der Waals surface area contributed by atoms with Crippen LogP contribution in [0.5, 0.6) is 5.75 Å². The number of carbonyl (C=O) groups is 1. The molecule has 7 heteroatoms. The number of carbonyl (C=O) groups excluding carboxylic acids is 1. The summed E-state index contributed by atoms with van der Waals surface area (Å²) in [7, 11) is 0. The Hall–Kier alpha value is -2.70. The quantitative estimate of drug-likeness (QED) is 0.904. The third-order valence-corrected chi connectivity index (χ3v) is 4.29. The van der Waals surface area contributed by atoms with Crippen LogP contribution in [-0.4, -0.2) is 47.4 Å². The molecule has 0 bridgehead atoms. The SMILES string of the molecule is CCc1noc(C)c1NC(=O)N1CCN(c2ccccc2O)CC1. The van der Waals surface area contributed by atoms with Crippen molar-refractivity contribution in [2.45, 2.75) is 20.3 Å². The predicted octanol–water partition coefficient (Wildman–Crippen LogP) is 2.61. The fourth-order valence-corrected chi connectivity index (χ4v) is 2.89. The highest BCUT2D eigenvalue weighted by Crippen LogP contribution is 2.27. The van der Waals surface area contributed by atoms with Crippen LogP contribution in [0.2, 0.25) is 0 Å². The molecule has 1 aromatic carbocycles. The van der Waals surface area contributed by atoms with Gasteiger partial charge in [0, 0.05) is 26.2 Å². The van der Waals surface area contributed by atoms with Crippen LogP contribution >= 0.6 is 0 Å². The van der Waals surface area contributed by atoms with E-state index >= 15 is 0 Å². The Kier molecular flexibility index (Phi) is 4.59. The lowest BCUT2D eigenvalue weighted by molar-refractivity contribution is 0.208. The van der Waals surface area contributed by atoms with E-state index in [9.17, 15) is 9.90 Å². The lowest BCUT2D eigenvalue weighted by Gasteiger charge is -2.36. The summed E-state index contributed by atoms with van der Waals surface area (Å²) >= 11 is 0. The highest BCUT2D eigenvalue weighted by Gasteiger charge is 2.24. The van der Waals surface area contributed by atoms with Crippen molar-refractivity contribution in [1.29, 1.82) is 0 Å². The first kappa shape index (κ1) is 16.2. The van der Waals surface area contributed by atoms with Gasteiger partial charge < -0.3 is 24.7 Å². The number of rotatable bonds is 3. The molecule has 0 radical (unpaired) electrons. The topological polar surface area (TPSA) is 81.8 Å². The molecule has 2 aromatic rings. The third kappa shape index (κ3) is 3.15. The molecule has 2 amide bonds. The van der Waals surface area contributed by atoms with Gasteiger partial charge in [-0.15, -0.1) is 0 Å². The van der Waals surface area contributed by atoms with Gasteiger partial charge in [-0.1, -0.05) is 24.2 Å². The van der Waals surface area contributed by atoms with E-state index < -0.39 is 0 Å². The Morgan fingerprint density at radius 3 is 2.67 bits per heavy atom. The molecule has 2 N–H and O–H groups in total. The molecule has 128 valence electrons. The molecule has 0 atom stereocenters. The van der Waals surface area contributed by atoms with Gasteiger partial charge in [0.15, 0.2) is 5.76 Å². The number of para-hydroxylation sites is 2. The van der Waals surface area contributed by atoms with Crippen molar-refractivity contribution in [2.24, 2.45) is 0 Å². The van der Waals surface area contributed by atoms with Gasteiger partial charge in [-0.3, -0.25) is 0 Å². The minimum atomic E-state index is -0.145. The summed E-state index contributed by atoms with van der Waals surface area (Å²) < 4.78 is 5.14. The third-order valence-electron chi connectivity index (χ3n) is 4.29. The Labute approximate surface area is 140 Å². The van der Waals surface area contributed by atoms with Crippen LogP contribution < -0.4 is 10.2 Å². The Morgan fingerprint density at radius 2 is 2.00 bits per heavy atom. The lowest BCUT2D eigenvalue weighted by Crippen LogP contribution is -2.50. The van der Waals surface area contributed by atoms with Crippen molar-refractivity contribution < 1.29 is 14.4 Å². The average molecular weight is 330 g/mol. The highest BCUT2D eigenvalue weighted by atomic mass is 16.5. The van der Waals surface area contributed by atoms with Gasteiger partial charge in [0.05, 0.1) is 5.69 Å². The van der Waals surface area contributed by atoms with Crippen LogP contribution in [0.3, 0.4) is 0 Å². The van der Waals surface area contributed by atoms with Crippen molar-refractivity contribution in [2.75, 3.05) is 36.4 Å². The smallest absolute Gasteiger partial charge is 0.322 e. The van der Waals surface area contributed by atoms with E-state index in [1.165, 1.54) is 0 Å². The summed E-state index contributed by atoms with van der Waals surface area (Å²) in [4.78, 5) is 16.3.